The third-order valence-corrected chi connectivity index (χ3v) is 3.94. The van der Waals surface area contributed by atoms with Crippen LogP contribution in [0.5, 0.6) is 0 Å². The van der Waals surface area contributed by atoms with Crippen LogP contribution in [0.15, 0.2) is 48.5 Å². The van der Waals surface area contributed by atoms with E-state index in [9.17, 15) is 4.79 Å². The zero-order chi connectivity index (χ0) is 16.7. The number of carbonyl (C=O) groups is 1. The number of allylic oxidation sites excluding steroid dienone is 1. The number of carbonyl (C=O) groups excluding carboxylic acids is 1. The number of esters is 1. The van der Waals surface area contributed by atoms with Gasteiger partial charge in [-0.05, 0) is 48.1 Å². The standard InChI is InChI=1S/C21H24O2/c1-4-5-13-18(15-17-11-7-6-8-12-17)20-16(2)10-9-14-19(20)21(22)23-3/h6-12,14-15H,4-5,13H2,1-3H3/b18-15-. The van der Waals surface area contributed by atoms with Gasteiger partial charge in [0.15, 0.2) is 0 Å². The van der Waals surface area contributed by atoms with Crippen LogP contribution >= 0.6 is 0 Å². The summed E-state index contributed by atoms with van der Waals surface area (Å²) in [6.07, 6.45) is 5.34. The average molecular weight is 308 g/mol. The summed E-state index contributed by atoms with van der Waals surface area (Å²) in [5, 5.41) is 0. The van der Waals surface area contributed by atoms with Gasteiger partial charge in [0.05, 0.1) is 12.7 Å². The molecule has 0 spiro atoms. The molecule has 0 aliphatic carbocycles. The fraction of sp³-hybridized carbons (Fsp3) is 0.286. The van der Waals surface area contributed by atoms with E-state index in [1.807, 2.05) is 43.3 Å². The van der Waals surface area contributed by atoms with Crippen molar-refractivity contribution in [3.05, 3.63) is 70.8 Å². The van der Waals surface area contributed by atoms with Crippen LogP contribution < -0.4 is 0 Å². The third kappa shape index (κ3) is 4.32. The summed E-state index contributed by atoms with van der Waals surface area (Å²) < 4.78 is 4.97. The molecule has 23 heavy (non-hydrogen) atoms. The Labute approximate surface area is 138 Å². The summed E-state index contributed by atoms with van der Waals surface area (Å²) in [5.74, 6) is -0.279. The minimum Gasteiger partial charge on any atom is -0.465 e. The highest BCUT2D eigenvalue weighted by Crippen LogP contribution is 2.30. The first-order valence-electron chi connectivity index (χ1n) is 8.11. The monoisotopic (exact) mass is 308 g/mol. The van der Waals surface area contributed by atoms with Gasteiger partial charge in [0, 0.05) is 0 Å². The van der Waals surface area contributed by atoms with Gasteiger partial charge in [0.1, 0.15) is 0 Å². The molecule has 2 heteroatoms. The van der Waals surface area contributed by atoms with Crippen LogP contribution in [0.1, 0.15) is 53.2 Å². The van der Waals surface area contributed by atoms with Crippen LogP contribution in [0, 0.1) is 6.92 Å². The van der Waals surface area contributed by atoms with Crippen molar-refractivity contribution in [3.8, 4) is 0 Å². The molecule has 2 aromatic rings. The van der Waals surface area contributed by atoms with Crippen molar-refractivity contribution in [1.82, 2.24) is 0 Å². The highest BCUT2D eigenvalue weighted by atomic mass is 16.5. The van der Waals surface area contributed by atoms with E-state index in [4.69, 9.17) is 4.74 Å². The van der Waals surface area contributed by atoms with E-state index in [0.29, 0.717) is 5.56 Å². The van der Waals surface area contributed by atoms with E-state index in [-0.39, 0.29) is 5.97 Å². The van der Waals surface area contributed by atoms with Gasteiger partial charge in [-0.3, -0.25) is 0 Å². The van der Waals surface area contributed by atoms with E-state index in [1.54, 1.807) is 0 Å². The molecule has 0 fully saturated rings. The number of hydrogen-bond donors (Lipinski definition) is 0. The van der Waals surface area contributed by atoms with Gasteiger partial charge in [-0.2, -0.15) is 0 Å². The summed E-state index contributed by atoms with van der Waals surface area (Å²) in [7, 11) is 1.43. The Balaban J connectivity index is 2.56. The molecule has 0 heterocycles. The van der Waals surface area contributed by atoms with Gasteiger partial charge < -0.3 is 4.74 Å². The number of ether oxygens (including phenoxy) is 1. The lowest BCUT2D eigenvalue weighted by molar-refractivity contribution is 0.0600. The zero-order valence-electron chi connectivity index (χ0n) is 14.1. The molecule has 2 nitrogen and oxygen atoms in total. The zero-order valence-corrected chi connectivity index (χ0v) is 14.1. The van der Waals surface area contributed by atoms with Crippen molar-refractivity contribution >= 4 is 17.6 Å². The maximum Gasteiger partial charge on any atom is 0.338 e. The first-order valence-corrected chi connectivity index (χ1v) is 8.11. The molecule has 0 atom stereocenters. The second kappa shape index (κ2) is 8.33. The lowest BCUT2D eigenvalue weighted by atomic mass is 9.90. The van der Waals surface area contributed by atoms with Crippen LogP contribution in [0.2, 0.25) is 0 Å². The van der Waals surface area contributed by atoms with Crippen LogP contribution in [0.25, 0.3) is 11.6 Å². The molecular formula is C21H24O2. The Kier molecular flexibility index (Phi) is 6.16. The smallest absolute Gasteiger partial charge is 0.338 e. The number of hydrogen-bond acceptors (Lipinski definition) is 2. The van der Waals surface area contributed by atoms with E-state index < -0.39 is 0 Å². The van der Waals surface area contributed by atoms with Crippen LogP contribution in [0.3, 0.4) is 0 Å². The normalized spacial score (nSPS) is 11.3. The molecule has 0 N–H and O–H groups in total. The second-order valence-corrected chi connectivity index (χ2v) is 5.67. The molecule has 0 aliphatic heterocycles. The number of aryl methyl sites for hydroxylation is 1. The predicted molar refractivity (Wildman–Crippen MR) is 96.4 cm³/mol. The van der Waals surface area contributed by atoms with Crippen molar-refractivity contribution in [2.45, 2.75) is 33.1 Å². The Hall–Kier alpha value is -2.35. The Morgan fingerprint density at radius 3 is 2.48 bits per heavy atom. The van der Waals surface area contributed by atoms with Gasteiger partial charge in [0.2, 0.25) is 0 Å². The number of benzene rings is 2. The van der Waals surface area contributed by atoms with Crippen LogP contribution in [-0.2, 0) is 4.74 Å². The van der Waals surface area contributed by atoms with Crippen molar-refractivity contribution in [2.75, 3.05) is 7.11 Å². The summed E-state index contributed by atoms with van der Waals surface area (Å²) in [5.41, 5.74) is 5.10. The van der Waals surface area contributed by atoms with E-state index in [0.717, 1.165) is 36.0 Å². The van der Waals surface area contributed by atoms with Gasteiger partial charge in [-0.25, -0.2) is 4.79 Å². The van der Waals surface area contributed by atoms with Gasteiger partial charge >= 0.3 is 5.97 Å². The average Bonchev–Trinajstić information content (AvgIpc) is 2.58. The molecule has 0 aliphatic rings. The fourth-order valence-corrected chi connectivity index (χ4v) is 2.76. The molecule has 0 saturated carbocycles. The maximum absolute atomic E-state index is 12.2. The summed E-state index contributed by atoms with van der Waals surface area (Å²) in [4.78, 5) is 12.2. The Bertz CT molecular complexity index is 684. The second-order valence-electron chi connectivity index (χ2n) is 5.67. The van der Waals surface area contributed by atoms with E-state index >= 15 is 0 Å². The molecule has 0 bridgehead atoms. The fourth-order valence-electron chi connectivity index (χ4n) is 2.76. The van der Waals surface area contributed by atoms with Gasteiger partial charge in [-0.15, -0.1) is 0 Å². The molecule has 0 amide bonds. The summed E-state index contributed by atoms with van der Waals surface area (Å²) >= 11 is 0. The minimum absolute atomic E-state index is 0.279. The molecular weight excluding hydrogens is 284 g/mol. The van der Waals surface area contributed by atoms with Crippen LogP contribution in [0.4, 0.5) is 0 Å². The van der Waals surface area contributed by atoms with Gasteiger partial charge in [0.25, 0.3) is 0 Å². The van der Waals surface area contributed by atoms with Crippen molar-refractivity contribution in [2.24, 2.45) is 0 Å². The van der Waals surface area contributed by atoms with Gasteiger partial charge in [-0.1, -0.05) is 61.9 Å². The molecule has 0 aromatic heterocycles. The number of unbranched alkanes of at least 4 members (excludes halogenated alkanes) is 1. The quantitative estimate of drug-likeness (QED) is 0.519. The largest absolute Gasteiger partial charge is 0.465 e. The first-order chi connectivity index (χ1) is 11.2. The summed E-state index contributed by atoms with van der Waals surface area (Å²) in [6, 6.07) is 16.0. The maximum atomic E-state index is 12.2. The molecule has 2 aromatic carbocycles. The summed E-state index contributed by atoms with van der Waals surface area (Å²) in [6.45, 7) is 4.23. The highest BCUT2D eigenvalue weighted by Gasteiger charge is 2.16. The Morgan fingerprint density at radius 1 is 1.09 bits per heavy atom. The van der Waals surface area contributed by atoms with Crippen molar-refractivity contribution < 1.29 is 9.53 Å². The Morgan fingerprint density at radius 2 is 1.83 bits per heavy atom. The number of rotatable bonds is 6. The molecule has 2 rings (SSSR count). The lowest BCUT2D eigenvalue weighted by Crippen LogP contribution is -2.07. The van der Waals surface area contributed by atoms with E-state index in [1.165, 1.54) is 12.7 Å². The lowest BCUT2D eigenvalue weighted by Gasteiger charge is -2.15. The highest BCUT2D eigenvalue weighted by molar-refractivity contribution is 5.98. The molecule has 0 saturated heterocycles. The molecule has 0 unspecified atom stereocenters. The number of methoxy groups -OCH3 is 1. The van der Waals surface area contributed by atoms with Crippen molar-refractivity contribution in [3.63, 3.8) is 0 Å². The topological polar surface area (TPSA) is 26.3 Å². The molecule has 0 radical (unpaired) electrons. The first kappa shape index (κ1) is 17.0. The molecule has 120 valence electrons. The minimum atomic E-state index is -0.279. The van der Waals surface area contributed by atoms with Crippen molar-refractivity contribution in [1.29, 1.82) is 0 Å². The van der Waals surface area contributed by atoms with E-state index in [2.05, 4.69) is 25.1 Å². The third-order valence-electron chi connectivity index (χ3n) is 3.94. The predicted octanol–water partition coefficient (Wildman–Crippen LogP) is 5.51. The van der Waals surface area contributed by atoms with Crippen LogP contribution in [-0.4, -0.2) is 13.1 Å². The SMILES string of the molecule is CCCC/C(=C/c1ccccc1)c1c(C)cccc1C(=O)OC.